The molecule has 0 aliphatic rings. The molecule has 0 radical (unpaired) electrons. The minimum Gasteiger partial charge on any atom is -0.339 e. The van der Waals surface area contributed by atoms with Crippen LogP contribution in [-0.2, 0) is 5.54 Å². The second-order valence-corrected chi connectivity index (χ2v) is 5.03. The first kappa shape index (κ1) is 11.7. The third kappa shape index (κ3) is 2.68. The van der Waals surface area contributed by atoms with Gasteiger partial charge < -0.3 is 5.32 Å². The molecule has 1 N–H and O–H groups in total. The van der Waals surface area contributed by atoms with Gasteiger partial charge in [0.1, 0.15) is 10.7 Å². The molecular weight excluding hydrogens is 234 g/mol. The topological polar surface area (TPSA) is 54.9 Å². The maximum Gasteiger partial charge on any atom is 0.270 e. The van der Waals surface area contributed by atoms with E-state index in [0.29, 0.717) is 5.69 Å². The van der Waals surface area contributed by atoms with Crippen LogP contribution in [0, 0.1) is 0 Å². The van der Waals surface area contributed by atoms with Crippen molar-refractivity contribution in [3.05, 3.63) is 46.7 Å². The van der Waals surface area contributed by atoms with Crippen LogP contribution in [0.15, 0.2) is 36.0 Å². The number of carbonyl (C=O) groups excluding carboxylic acids is 1. The number of amides is 1. The van der Waals surface area contributed by atoms with Crippen molar-refractivity contribution in [1.29, 1.82) is 0 Å². The summed E-state index contributed by atoms with van der Waals surface area (Å²) >= 11 is 1.52. The van der Waals surface area contributed by atoms with Crippen LogP contribution in [0.3, 0.4) is 0 Å². The van der Waals surface area contributed by atoms with Gasteiger partial charge in [-0.25, -0.2) is 4.98 Å². The molecule has 0 fully saturated rings. The van der Waals surface area contributed by atoms with Crippen LogP contribution in [0.1, 0.15) is 29.3 Å². The zero-order chi connectivity index (χ0) is 12.3. The second kappa shape index (κ2) is 4.63. The number of carbonyl (C=O) groups is 1. The van der Waals surface area contributed by atoms with Crippen molar-refractivity contribution in [3.63, 3.8) is 0 Å². The van der Waals surface area contributed by atoms with E-state index in [2.05, 4.69) is 15.3 Å². The van der Waals surface area contributed by atoms with E-state index in [-0.39, 0.29) is 5.91 Å². The van der Waals surface area contributed by atoms with Crippen molar-refractivity contribution in [1.82, 2.24) is 15.3 Å². The summed E-state index contributed by atoms with van der Waals surface area (Å²) in [6.07, 6.45) is 3.33. The highest BCUT2D eigenvalue weighted by atomic mass is 32.1. The van der Waals surface area contributed by atoms with Gasteiger partial charge >= 0.3 is 0 Å². The van der Waals surface area contributed by atoms with Gasteiger partial charge in [-0.2, -0.15) is 0 Å². The second-order valence-electron chi connectivity index (χ2n) is 4.13. The molecule has 2 aromatic rings. The molecule has 0 aliphatic heterocycles. The smallest absolute Gasteiger partial charge is 0.270 e. The number of thiazole rings is 1. The lowest BCUT2D eigenvalue weighted by Gasteiger charge is -2.23. The summed E-state index contributed by atoms with van der Waals surface area (Å²) in [6.45, 7) is 3.85. The number of hydrogen-bond donors (Lipinski definition) is 1. The Hall–Kier alpha value is -1.75. The predicted octanol–water partition coefficient (Wildman–Crippen LogP) is 2.20. The molecule has 0 bridgehead atoms. The fourth-order valence-corrected chi connectivity index (χ4v) is 2.15. The van der Waals surface area contributed by atoms with E-state index in [1.807, 2.05) is 19.2 Å². The molecule has 0 saturated heterocycles. The molecule has 1 amide bonds. The first-order valence-corrected chi connectivity index (χ1v) is 6.11. The van der Waals surface area contributed by atoms with E-state index in [4.69, 9.17) is 0 Å². The Kier molecular flexibility index (Phi) is 3.19. The summed E-state index contributed by atoms with van der Waals surface area (Å²) in [5, 5.41) is 5.69. The highest BCUT2D eigenvalue weighted by Gasteiger charge is 2.26. The third-order valence-corrected chi connectivity index (χ3v) is 3.39. The van der Waals surface area contributed by atoms with Crippen molar-refractivity contribution < 1.29 is 4.79 Å². The van der Waals surface area contributed by atoms with E-state index in [9.17, 15) is 4.79 Å². The van der Waals surface area contributed by atoms with Crippen LogP contribution < -0.4 is 5.32 Å². The SMILES string of the molecule is CC(C)(NC(=O)c1ccccn1)c1nccs1. The molecule has 0 saturated carbocycles. The van der Waals surface area contributed by atoms with Gasteiger partial charge in [-0.3, -0.25) is 9.78 Å². The first-order chi connectivity index (χ1) is 8.09. The Balaban J connectivity index is 2.14. The minimum absolute atomic E-state index is 0.189. The van der Waals surface area contributed by atoms with Crippen molar-refractivity contribution >= 4 is 17.2 Å². The van der Waals surface area contributed by atoms with Crippen molar-refractivity contribution in [3.8, 4) is 0 Å². The molecule has 0 spiro atoms. The molecule has 4 nitrogen and oxygen atoms in total. The summed E-state index contributed by atoms with van der Waals surface area (Å²) in [4.78, 5) is 20.2. The highest BCUT2D eigenvalue weighted by molar-refractivity contribution is 7.09. The van der Waals surface area contributed by atoms with E-state index < -0.39 is 5.54 Å². The van der Waals surface area contributed by atoms with Gasteiger partial charge in [-0.1, -0.05) is 6.07 Å². The molecule has 0 aromatic carbocycles. The van der Waals surface area contributed by atoms with Gasteiger partial charge in [0.05, 0.1) is 5.54 Å². The van der Waals surface area contributed by atoms with Crippen molar-refractivity contribution in [2.45, 2.75) is 19.4 Å². The normalized spacial score (nSPS) is 11.2. The van der Waals surface area contributed by atoms with Crippen LogP contribution >= 0.6 is 11.3 Å². The average molecular weight is 247 g/mol. The summed E-state index contributed by atoms with van der Waals surface area (Å²) in [5.74, 6) is -0.189. The van der Waals surface area contributed by atoms with Crippen LogP contribution in [0.25, 0.3) is 0 Å². The predicted molar refractivity (Wildman–Crippen MR) is 66.8 cm³/mol. The van der Waals surface area contributed by atoms with Gasteiger partial charge in [0.25, 0.3) is 5.91 Å². The van der Waals surface area contributed by atoms with Gasteiger partial charge in [0, 0.05) is 17.8 Å². The Labute approximate surface area is 104 Å². The van der Waals surface area contributed by atoms with Gasteiger partial charge in [-0.05, 0) is 26.0 Å². The third-order valence-electron chi connectivity index (χ3n) is 2.29. The minimum atomic E-state index is -0.483. The van der Waals surface area contributed by atoms with Crippen molar-refractivity contribution in [2.75, 3.05) is 0 Å². The largest absolute Gasteiger partial charge is 0.339 e. The molecule has 0 unspecified atom stereocenters. The lowest BCUT2D eigenvalue weighted by atomic mass is 10.1. The van der Waals surface area contributed by atoms with Gasteiger partial charge in [-0.15, -0.1) is 11.3 Å². The standard InChI is InChI=1S/C12H13N3OS/c1-12(2,11-14-7-8-17-11)15-10(16)9-5-3-4-6-13-9/h3-8H,1-2H3,(H,15,16). The molecular formula is C12H13N3OS. The molecule has 0 aliphatic carbocycles. The van der Waals surface area contributed by atoms with Crippen molar-refractivity contribution in [2.24, 2.45) is 0 Å². The van der Waals surface area contributed by atoms with E-state index in [1.165, 1.54) is 11.3 Å². The zero-order valence-corrected chi connectivity index (χ0v) is 10.5. The highest BCUT2D eigenvalue weighted by Crippen LogP contribution is 2.22. The fourth-order valence-electron chi connectivity index (χ4n) is 1.43. The number of nitrogens with one attached hydrogen (secondary N) is 1. The maximum absolute atomic E-state index is 12.0. The molecule has 0 atom stereocenters. The maximum atomic E-state index is 12.0. The van der Waals surface area contributed by atoms with Crippen LogP contribution in [0.2, 0.25) is 0 Å². The van der Waals surface area contributed by atoms with Crippen LogP contribution in [0.5, 0.6) is 0 Å². The summed E-state index contributed by atoms with van der Waals surface area (Å²) in [5.41, 5.74) is -0.0694. The quantitative estimate of drug-likeness (QED) is 0.904. The van der Waals surface area contributed by atoms with Crippen LogP contribution in [-0.4, -0.2) is 15.9 Å². The van der Waals surface area contributed by atoms with Gasteiger partial charge in [0.15, 0.2) is 0 Å². The summed E-state index contributed by atoms with van der Waals surface area (Å²) < 4.78 is 0. The molecule has 88 valence electrons. The Bertz CT molecular complexity index is 494. The lowest BCUT2D eigenvalue weighted by molar-refractivity contribution is 0.0907. The van der Waals surface area contributed by atoms with Crippen LogP contribution in [0.4, 0.5) is 0 Å². The monoisotopic (exact) mass is 247 g/mol. The number of hydrogen-bond acceptors (Lipinski definition) is 4. The first-order valence-electron chi connectivity index (χ1n) is 5.23. The van der Waals surface area contributed by atoms with E-state index in [1.54, 1.807) is 30.6 Å². The summed E-state index contributed by atoms with van der Waals surface area (Å²) in [6, 6.07) is 5.26. The number of aromatic nitrogens is 2. The Morgan fingerprint density at radius 1 is 1.29 bits per heavy atom. The number of nitrogens with zero attached hydrogens (tertiary/aromatic N) is 2. The van der Waals surface area contributed by atoms with Gasteiger partial charge in [0.2, 0.25) is 0 Å². The molecule has 2 rings (SSSR count). The Morgan fingerprint density at radius 2 is 2.12 bits per heavy atom. The molecule has 5 heteroatoms. The van der Waals surface area contributed by atoms with E-state index in [0.717, 1.165) is 5.01 Å². The summed E-state index contributed by atoms with van der Waals surface area (Å²) in [7, 11) is 0. The lowest BCUT2D eigenvalue weighted by Crippen LogP contribution is -2.41. The van der Waals surface area contributed by atoms with E-state index >= 15 is 0 Å². The molecule has 2 heterocycles. The molecule has 2 aromatic heterocycles. The number of pyridine rings is 1. The zero-order valence-electron chi connectivity index (χ0n) is 9.68. The fraction of sp³-hybridized carbons (Fsp3) is 0.250. The number of rotatable bonds is 3. The molecule has 17 heavy (non-hydrogen) atoms. The Morgan fingerprint density at radius 3 is 2.71 bits per heavy atom. The average Bonchev–Trinajstić information content (AvgIpc) is 2.84.